The molecule has 0 saturated carbocycles. The highest BCUT2D eigenvalue weighted by molar-refractivity contribution is 5.69. The third kappa shape index (κ3) is 2.35. The maximum absolute atomic E-state index is 12.0. The SMILES string of the molecule is Cc1ccccc1C1C[C@@H](C)N(C(C)C)C(=O)O1. The quantitative estimate of drug-likeness (QED) is 0.798. The van der Waals surface area contributed by atoms with Crippen LogP contribution in [0.15, 0.2) is 24.3 Å². The Labute approximate surface area is 109 Å². The molecular formula is C15H21NO2. The molecule has 0 N–H and O–H groups in total. The van der Waals surface area contributed by atoms with Crippen molar-refractivity contribution < 1.29 is 9.53 Å². The monoisotopic (exact) mass is 247 g/mol. The number of aryl methyl sites for hydroxylation is 1. The molecule has 1 aliphatic heterocycles. The lowest BCUT2D eigenvalue weighted by atomic mass is 9.96. The van der Waals surface area contributed by atoms with Gasteiger partial charge in [-0.15, -0.1) is 0 Å². The topological polar surface area (TPSA) is 29.5 Å². The summed E-state index contributed by atoms with van der Waals surface area (Å²) >= 11 is 0. The van der Waals surface area contributed by atoms with Crippen molar-refractivity contribution in [1.82, 2.24) is 4.90 Å². The van der Waals surface area contributed by atoms with Crippen molar-refractivity contribution in [3.8, 4) is 0 Å². The van der Waals surface area contributed by atoms with Gasteiger partial charge >= 0.3 is 6.09 Å². The highest BCUT2D eigenvalue weighted by Gasteiger charge is 2.35. The zero-order valence-electron chi connectivity index (χ0n) is 11.5. The number of carbonyl (C=O) groups is 1. The highest BCUT2D eigenvalue weighted by Crippen LogP contribution is 2.32. The fraction of sp³-hybridized carbons (Fsp3) is 0.533. The number of hydrogen-bond acceptors (Lipinski definition) is 2. The Morgan fingerprint density at radius 2 is 2.00 bits per heavy atom. The Kier molecular flexibility index (Phi) is 3.60. The summed E-state index contributed by atoms with van der Waals surface area (Å²) in [5.74, 6) is 0. The predicted molar refractivity (Wildman–Crippen MR) is 71.5 cm³/mol. The van der Waals surface area contributed by atoms with Crippen molar-refractivity contribution in [2.45, 2.75) is 52.3 Å². The summed E-state index contributed by atoms with van der Waals surface area (Å²) in [7, 11) is 0. The van der Waals surface area contributed by atoms with Crippen molar-refractivity contribution in [2.75, 3.05) is 0 Å². The summed E-state index contributed by atoms with van der Waals surface area (Å²) in [5, 5.41) is 0. The van der Waals surface area contributed by atoms with E-state index in [1.54, 1.807) is 0 Å². The molecular weight excluding hydrogens is 226 g/mol. The standard InChI is InChI=1S/C15H21NO2/c1-10(2)16-12(4)9-14(18-15(16)17)13-8-6-5-7-11(13)3/h5-8,10,12,14H,9H2,1-4H3/t12-,14?/m1/s1. The molecule has 1 aliphatic rings. The van der Waals surface area contributed by atoms with Gasteiger partial charge in [0.2, 0.25) is 0 Å². The van der Waals surface area contributed by atoms with Gasteiger partial charge in [-0.3, -0.25) is 0 Å². The van der Waals surface area contributed by atoms with Crippen LogP contribution in [0.1, 0.15) is 44.4 Å². The molecule has 0 bridgehead atoms. The van der Waals surface area contributed by atoms with Crippen LogP contribution >= 0.6 is 0 Å². The van der Waals surface area contributed by atoms with Gasteiger partial charge in [-0.1, -0.05) is 24.3 Å². The van der Waals surface area contributed by atoms with E-state index in [-0.39, 0.29) is 24.3 Å². The lowest BCUT2D eigenvalue weighted by Crippen LogP contribution is -2.48. The van der Waals surface area contributed by atoms with E-state index in [1.807, 2.05) is 36.9 Å². The van der Waals surface area contributed by atoms with E-state index in [1.165, 1.54) is 5.56 Å². The van der Waals surface area contributed by atoms with E-state index >= 15 is 0 Å². The minimum atomic E-state index is -0.197. The molecule has 2 atom stereocenters. The summed E-state index contributed by atoms with van der Waals surface area (Å²) in [5.41, 5.74) is 2.31. The summed E-state index contributed by atoms with van der Waals surface area (Å²) in [6.07, 6.45) is 0.551. The number of amides is 1. The van der Waals surface area contributed by atoms with Gasteiger partial charge in [-0.2, -0.15) is 0 Å². The number of benzene rings is 1. The first-order valence-electron chi connectivity index (χ1n) is 6.55. The van der Waals surface area contributed by atoms with Crippen LogP contribution in [0.4, 0.5) is 4.79 Å². The number of hydrogen-bond donors (Lipinski definition) is 0. The maximum Gasteiger partial charge on any atom is 0.410 e. The summed E-state index contributed by atoms with van der Waals surface area (Å²) < 4.78 is 5.58. The third-order valence-corrected chi connectivity index (χ3v) is 3.58. The van der Waals surface area contributed by atoms with Gasteiger partial charge in [0.1, 0.15) is 6.10 Å². The average Bonchev–Trinajstić information content (AvgIpc) is 2.27. The van der Waals surface area contributed by atoms with Gasteiger partial charge in [-0.05, 0) is 38.8 Å². The first-order valence-corrected chi connectivity index (χ1v) is 6.55. The second-order valence-corrected chi connectivity index (χ2v) is 5.31. The first-order chi connectivity index (χ1) is 8.50. The molecule has 1 aromatic carbocycles. The number of cyclic esters (lactones) is 1. The molecule has 0 aromatic heterocycles. The summed E-state index contributed by atoms with van der Waals surface area (Å²) in [4.78, 5) is 13.9. The number of ether oxygens (including phenoxy) is 1. The lowest BCUT2D eigenvalue weighted by molar-refractivity contribution is -0.00889. The molecule has 0 aliphatic carbocycles. The van der Waals surface area contributed by atoms with Gasteiger partial charge in [0, 0.05) is 18.5 Å². The van der Waals surface area contributed by atoms with E-state index in [0.29, 0.717) is 0 Å². The molecule has 2 rings (SSSR count). The second kappa shape index (κ2) is 5.01. The van der Waals surface area contributed by atoms with E-state index in [2.05, 4.69) is 19.9 Å². The fourth-order valence-electron chi connectivity index (χ4n) is 2.69. The minimum absolute atomic E-state index is 0.108. The zero-order chi connectivity index (χ0) is 13.3. The Morgan fingerprint density at radius 1 is 1.33 bits per heavy atom. The van der Waals surface area contributed by atoms with Gasteiger partial charge in [0.25, 0.3) is 0 Å². The van der Waals surface area contributed by atoms with Gasteiger partial charge in [-0.25, -0.2) is 4.79 Å². The van der Waals surface area contributed by atoms with Crippen LogP contribution in [0, 0.1) is 6.92 Å². The molecule has 1 unspecified atom stereocenters. The Balaban J connectivity index is 2.21. The minimum Gasteiger partial charge on any atom is -0.441 e. The maximum atomic E-state index is 12.0. The summed E-state index contributed by atoms with van der Waals surface area (Å²) in [6, 6.07) is 8.51. The molecule has 1 aromatic rings. The number of carbonyl (C=O) groups excluding carboxylic acids is 1. The van der Waals surface area contributed by atoms with E-state index in [0.717, 1.165) is 12.0 Å². The van der Waals surface area contributed by atoms with Crippen molar-refractivity contribution in [3.63, 3.8) is 0 Å². The smallest absolute Gasteiger partial charge is 0.410 e. The third-order valence-electron chi connectivity index (χ3n) is 3.58. The molecule has 1 saturated heterocycles. The van der Waals surface area contributed by atoms with Crippen molar-refractivity contribution in [2.24, 2.45) is 0 Å². The lowest BCUT2D eigenvalue weighted by Gasteiger charge is -2.39. The van der Waals surface area contributed by atoms with Crippen molar-refractivity contribution in [1.29, 1.82) is 0 Å². The molecule has 1 heterocycles. The molecule has 18 heavy (non-hydrogen) atoms. The molecule has 1 fully saturated rings. The van der Waals surface area contributed by atoms with E-state index in [9.17, 15) is 4.79 Å². The predicted octanol–water partition coefficient (Wildman–Crippen LogP) is 3.68. The largest absolute Gasteiger partial charge is 0.441 e. The van der Waals surface area contributed by atoms with Crippen LogP contribution in [0.3, 0.4) is 0 Å². The Hall–Kier alpha value is -1.51. The zero-order valence-corrected chi connectivity index (χ0v) is 11.5. The molecule has 1 amide bonds. The normalized spacial score (nSPS) is 24.3. The van der Waals surface area contributed by atoms with Crippen LogP contribution in [-0.4, -0.2) is 23.1 Å². The van der Waals surface area contributed by atoms with Gasteiger partial charge < -0.3 is 9.64 Å². The average molecular weight is 247 g/mol. The molecule has 0 radical (unpaired) electrons. The molecule has 3 nitrogen and oxygen atoms in total. The molecule has 3 heteroatoms. The van der Waals surface area contributed by atoms with E-state index in [4.69, 9.17) is 4.74 Å². The van der Waals surface area contributed by atoms with Crippen LogP contribution in [0.2, 0.25) is 0 Å². The van der Waals surface area contributed by atoms with Gasteiger partial charge in [0.05, 0.1) is 0 Å². The van der Waals surface area contributed by atoms with Crippen LogP contribution < -0.4 is 0 Å². The molecule has 98 valence electrons. The van der Waals surface area contributed by atoms with Crippen LogP contribution in [0.25, 0.3) is 0 Å². The second-order valence-electron chi connectivity index (χ2n) is 5.31. The Morgan fingerprint density at radius 3 is 2.56 bits per heavy atom. The number of nitrogens with zero attached hydrogens (tertiary/aromatic N) is 1. The number of rotatable bonds is 2. The fourth-order valence-corrected chi connectivity index (χ4v) is 2.69. The Bertz CT molecular complexity index is 442. The first kappa shape index (κ1) is 12.9. The van der Waals surface area contributed by atoms with E-state index < -0.39 is 0 Å². The van der Waals surface area contributed by atoms with Crippen LogP contribution in [-0.2, 0) is 4.74 Å². The highest BCUT2D eigenvalue weighted by atomic mass is 16.6. The molecule has 0 spiro atoms. The van der Waals surface area contributed by atoms with Gasteiger partial charge in [0.15, 0.2) is 0 Å². The summed E-state index contributed by atoms with van der Waals surface area (Å²) in [6.45, 7) is 8.19. The van der Waals surface area contributed by atoms with Crippen LogP contribution in [0.5, 0.6) is 0 Å². The van der Waals surface area contributed by atoms with Crippen molar-refractivity contribution in [3.05, 3.63) is 35.4 Å². The van der Waals surface area contributed by atoms with Crippen molar-refractivity contribution >= 4 is 6.09 Å².